The van der Waals surface area contributed by atoms with Crippen LogP contribution in [0.2, 0.25) is 0 Å². The summed E-state index contributed by atoms with van der Waals surface area (Å²) < 4.78 is 5.57. The largest absolute Gasteiger partial charge is 0.508 e. The zero-order valence-electron chi connectivity index (χ0n) is 23.9. The van der Waals surface area contributed by atoms with E-state index in [0.717, 1.165) is 19.4 Å². The minimum Gasteiger partial charge on any atom is -0.508 e. The Balaban J connectivity index is 1.64. The Bertz CT molecular complexity index is 1470. The summed E-state index contributed by atoms with van der Waals surface area (Å²) in [7, 11) is 6.31. The third-order valence-corrected chi connectivity index (χ3v) is 9.23. The van der Waals surface area contributed by atoms with Gasteiger partial charge in [-0.1, -0.05) is 6.42 Å². The number of benzene rings is 1. The number of primary amides is 1. The number of aromatic hydroxyl groups is 1. The van der Waals surface area contributed by atoms with Crippen molar-refractivity contribution in [3.05, 3.63) is 34.1 Å². The Morgan fingerprint density at radius 1 is 1.19 bits per heavy atom. The van der Waals surface area contributed by atoms with Crippen molar-refractivity contribution in [1.29, 1.82) is 0 Å². The number of nitrogens with zero attached hydrogens (tertiary/aromatic N) is 2. The molecule has 5 atom stereocenters. The van der Waals surface area contributed by atoms with Gasteiger partial charge in [-0.05, 0) is 59.3 Å². The summed E-state index contributed by atoms with van der Waals surface area (Å²) in [5, 5.41) is 48.3. The number of likely N-dealkylation sites (N-methyl/N-ethyl adjacent to an activating group) is 2. The highest BCUT2D eigenvalue weighted by atomic mass is 16.5. The highest BCUT2D eigenvalue weighted by Crippen LogP contribution is 2.54. The molecule has 1 saturated carbocycles. The first-order valence-electron chi connectivity index (χ1n) is 13.8. The number of hydrogen-bond acceptors (Lipinski definition) is 11. The van der Waals surface area contributed by atoms with Crippen molar-refractivity contribution in [3.8, 4) is 11.5 Å². The number of fused-ring (bicyclic) bond motifs is 3. The molecule has 0 spiro atoms. The second-order valence-corrected chi connectivity index (χ2v) is 11.8. The molecule has 1 aromatic rings. The van der Waals surface area contributed by atoms with Crippen molar-refractivity contribution in [2.24, 2.45) is 17.6 Å². The molecule has 1 aliphatic heterocycles. The van der Waals surface area contributed by atoms with Crippen LogP contribution in [0.25, 0.3) is 5.76 Å². The van der Waals surface area contributed by atoms with E-state index in [1.54, 1.807) is 0 Å². The topological polar surface area (TPSA) is 203 Å². The van der Waals surface area contributed by atoms with E-state index in [1.165, 1.54) is 32.2 Å². The maximum absolute atomic E-state index is 14.0. The molecule has 13 nitrogen and oxygen atoms in total. The number of ether oxygens (including phenoxy) is 1. The van der Waals surface area contributed by atoms with E-state index in [9.17, 15) is 39.6 Å². The summed E-state index contributed by atoms with van der Waals surface area (Å²) in [6, 6.07) is -0.141. The van der Waals surface area contributed by atoms with Crippen LogP contribution in [0.4, 0.5) is 5.69 Å². The average molecular weight is 585 g/mol. The molecule has 0 bridgehead atoms. The number of anilines is 1. The van der Waals surface area contributed by atoms with Crippen LogP contribution in [0.5, 0.6) is 11.5 Å². The average Bonchev–Trinajstić information content (AvgIpc) is 2.92. The van der Waals surface area contributed by atoms with Crippen molar-refractivity contribution in [3.63, 3.8) is 0 Å². The van der Waals surface area contributed by atoms with Crippen LogP contribution >= 0.6 is 0 Å². The zero-order chi connectivity index (χ0) is 30.8. The Morgan fingerprint density at radius 2 is 1.88 bits per heavy atom. The van der Waals surface area contributed by atoms with Gasteiger partial charge in [0.15, 0.2) is 17.1 Å². The number of Topliss-reactive ketones (excluding diaryl/α,β-unsaturated/α-hetero) is 2. The molecule has 5 rings (SSSR count). The Morgan fingerprint density at radius 3 is 2.48 bits per heavy atom. The van der Waals surface area contributed by atoms with Crippen molar-refractivity contribution in [2.75, 3.05) is 40.1 Å². The number of phenols is 1. The molecule has 1 heterocycles. The van der Waals surface area contributed by atoms with E-state index in [0.29, 0.717) is 12.0 Å². The number of methoxy groups -OCH3 is 1. The van der Waals surface area contributed by atoms with Gasteiger partial charge in [0.25, 0.3) is 5.91 Å². The van der Waals surface area contributed by atoms with Gasteiger partial charge in [-0.25, -0.2) is 0 Å². The SMILES string of the molecule is COc1cc(NC(=O)[C@@H]2CCCCN2C)c(O)c2c1C[C@H]1C[C@H]3[C@H](N(C)C)C(=O)C(C(N)=O)=C(O)[C@@]3(O)C(=O)C1=C2O. The first kappa shape index (κ1) is 29.5. The molecule has 13 heteroatoms. The first-order chi connectivity index (χ1) is 19.7. The van der Waals surface area contributed by atoms with Gasteiger partial charge >= 0.3 is 0 Å². The first-order valence-corrected chi connectivity index (χ1v) is 13.8. The molecule has 1 aromatic carbocycles. The number of hydrogen-bond donors (Lipinski definition) is 6. The number of amides is 2. The minimum absolute atomic E-state index is 0.0327. The van der Waals surface area contributed by atoms with E-state index < -0.39 is 69.8 Å². The second kappa shape index (κ2) is 10.4. The van der Waals surface area contributed by atoms with Gasteiger partial charge in [0.2, 0.25) is 11.7 Å². The van der Waals surface area contributed by atoms with E-state index in [-0.39, 0.29) is 41.3 Å². The highest BCUT2D eigenvalue weighted by Gasteiger charge is 2.64. The van der Waals surface area contributed by atoms with Gasteiger partial charge in [0.1, 0.15) is 22.8 Å². The zero-order valence-corrected chi connectivity index (χ0v) is 23.9. The molecule has 42 heavy (non-hydrogen) atoms. The molecule has 226 valence electrons. The fourth-order valence-corrected chi connectivity index (χ4v) is 7.18. The fourth-order valence-electron chi connectivity index (χ4n) is 7.18. The van der Waals surface area contributed by atoms with E-state index in [1.807, 2.05) is 11.9 Å². The molecule has 7 N–H and O–H groups in total. The van der Waals surface area contributed by atoms with E-state index in [2.05, 4.69) is 5.32 Å². The van der Waals surface area contributed by atoms with Gasteiger partial charge in [-0.2, -0.15) is 0 Å². The third-order valence-electron chi connectivity index (χ3n) is 9.23. The van der Waals surface area contributed by atoms with Crippen LogP contribution < -0.4 is 15.8 Å². The quantitative estimate of drug-likeness (QED) is 0.206. The monoisotopic (exact) mass is 584 g/mol. The molecular formula is C29H36N4O9. The molecule has 0 aromatic heterocycles. The van der Waals surface area contributed by atoms with Crippen LogP contribution in [0.3, 0.4) is 0 Å². The lowest BCUT2D eigenvalue weighted by atomic mass is 9.57. The number of piperidine rings is 1. The van der Waals surface area contributed by atoms with Crippen molar-refractivity contribution in [2.45, 2.75) is 49.8 Å². The molecule has 2 amide bonds. The summed E-state index contributed by atoms with van der Waals surface area (Å²) in [6.45, 7) is 0.747. The molecule has 3 aliphatic carbocycles. The lowest BCUT2D eigenvalue weighted by molar-refractivity contribution is -0.153. The van der Waals surface area contributed by atoms with E-state index in [4.69, 9.17) is 10.5 Å². The number of carbonyl (C=O) groups excluding carboxylic acids is 4. The summed E-state index contributed by atoms with van der Waals surface area (Å²) in [4.78, 5) is 55.9. The van der Waals surface area contributed by atoms with Gasteiger partial charge in [-0.15, -0.1) is 0 Å². The number of carbonyl (C=O) groups is 4. The molecular weight excluding hydrogens is 548 g/mol. The van der Waals surface area contributed by atoms with Crippen LogP contribution in [0.15, 0.2) is 23.0 Å². The number of phenolic OH excluding ortho intramolecular Hbond substituents is 1. The summed E-state index contributed by atoms with van der Waals surface area (Å²) >= 11 is 0. The fraction of sp³-hybridized carbons (Fsp3) is 0.517. The van der Waals surface area contributed by atoms with Crippen molar-refractivity contribution < 1.29 is 44.3 Å². The van der Waals surface area contributed by atoms with E-state index >= 15 is 0 Å². The number of ketones is 2. The lowest BCUT2D eigenvalue weighted by Crippen LogP contribution is -2.65. The molecule has 2 fully saturated rings. The smallest absolute Gasteiger partial charge is 0.255 e. The predicted molar refractivity (Wildman–Crippen MR) is 150 cm³/mol. The van der Waals surface area contributed by atoms with Crippen LogP contribution in [-0.4, -0.2) is 106 Å². The predicted octanol–water partition coefficient (Wildman–Crippen LogP) is 0.395. The third kappa shape index (κ3) is 4.17. The summed E-state index contributed by atoms with van der Waals surface area (Å²) in [5.74, 6) is -7.56. The van der Waals surface area contributed by atoms with Crippen LogP contribution in [0, 0.1) is 11.8 Å². The van der Waals surface area contributed by atoms with Crippen LogP contribution in [0.1, 0.15) is 36.8 Å². The number of nitrogens with two attached hydrogens (primary N) is 1. The van der Waals surface area contributed by atoms with Crippen LogP contribution in [-0.2, 0) is 25.6 Å². The number of nitrogens with one attached hydrogen (secondary N) is 1. The minimum atomic E-state index is -2.73. The van der Waals surface area contributed by atoms with Gasteiger partial charge in [0, 0.05) is 23.1 Å². The number of aliphatic hydroxyl groups excluding tert-OH is 2. The molecule has 0 unspecified atom stereocenters. The maximum Gasteiger partial charge on any atom is 0.255 e. The van der Waals surface area contributed by atoms with Crippen molar-refractivity contribution in [1.82, 2.24) is 9.80 Å². The number of aliphatic hydroxyl groups is 3. The maximum atomic E-state index is 14.0. The molecule has 4 aliphatic rings. The number of rotatable bonds is 5. The normalized spacial score (nSPS) is 29.7. The molecule has 1 saturated heterocycles. The number of likely N-dealkylation sites (tertiary alicyclic amines) is 1. The Hall–Kier alpha value is -3.94. The molecule has 0 radical (unpaired) electrons. The Labute approximate surface area is 242 Å². The standard InChI is InChI=1S/C29H36N4O9/c1-32(2)21-14-10-12-9-13-17(42-4)11-15(31-28(40)16-7-5-6-8-33(16)3)22(34)19(13)23(35)18(12)25(37)29(14,41)26(38)20(24(21)36)27(30)39/h11-12,14,16,21,34-35,38,41H,5-10H2,1-4H3,(H2,30,39)(H,31,40)/t12-,14-,16-,21-,29-/m0/s1. The second-order valence-electron chi connectivity index (χ2n) is 11.8. The summed E-state index contributed by atoms with van der Waals surface area (Å²) in [5.41, 5.74) is 1.65. The van der Waals surface area contributed by atoms with Gasteiger partial charge < -0.3 is 36.2 Å². The van der Waals surface area contributed by atoms with Crippen molar-refractivity contribution >= 4 is 34.8 Å². The highest BCUT2D eigenvalue weighted by molar-refractivity contribution is 6.24. The van der Waals surface area contributed by atoms with Gasteiger partial charge in [-0.3, -0.25) is 29.0 Å². The lowest BCUT2D eigenvalue weighted by Gasteiger charge is -2.50. The summed E-state index contributed by atoms with van der Waals surface area (Å²) in [6.07, 6.45) is 2.52. The van der Waals surface area contributed by atoms with Gasteiger partial charge in [0.05, 0.1) is 30.4 Å². The Kier molecular flexibility index (Phi) is 7.32.